The summed E-state index contributed by atoms with van der Waals surface area (Å²) in [6.07, 6.45) is 12.7. The molecule has 140 heavy (non-hydrogen) atoms. The summed E-state index contributed by atoms with van der Waals surface area (Å²) in [5.41, 5.74) is 27.6. The molecular weight excluding hydrogens is 2640 g/mol. The van der Waals surface area contributed by atoms with Crippen LogP contribution in [0.4, 0.5) is 5.69 Å². The minimum absolute atomic E-state index is 0. The minimum atomic E-state index is -1.28. The second kappa shape index (κ2) is 59.7. The average molecular weight is 2750 g/mol. The number of rotatable bonds is 13. The van der Waals surface area contributed by atoms with E-state index in [1.54, 1.807) is 18.6 Å². The summed E-state index contributed by atoms with van der Waals surface area (Å²) in [7, 11) is -1.28. The van der Waals surface area contributed by atoms with Crippen LogP contribution in [0.3, 0.4) is 0 Å². The van der Waals surface area contributed by atoms with Crippen molar-refractivity contribution in [2.75, 3.05) is 0 Å². The van der Waals surface area contributed by atoms with Crippen LogP contribution in [0.2, 0.25) is 19.6 Å². The maximum Gasteiger partial charge on any atom is 0.155 e. The van der Waals surface area contributed by atoms with Crippen molar-refractivity contribution in [3.63, 3.8) is 0 Å². The molecule has 11 aromatic carbocycles. The van der Waals surface area contributed by atoms with Crippen LogP contribution in [-0.4, -0.2) is 81.8 Å². The molecule has 7 heterocycles. The van der Waals surface area contributed by atoms with E-state index in [-0.39, 0.29) is 136 Å². The average Bonchev–Trinajstić information content (AvgIpc) is 0.783. The maximum atomic E-state index is 10.0. The van der Waals surface area contributed by atoms with Crippen LogP contribution in [0.25, 0.3) is 122 Å². The number of aryl methyl sites for hydroxylation is 8. The molecule has 18 aromatic rings. The van der Waals surface area contributed by atoms with Crippen LogP contribution in [-0.2, 0) is 116 Å². The number of nitrogens with zero attached hydrogens (tertiary/aromatic N) is 8. The topological polar surface area (TPSA) is 214 Å². The van der Waals surface area contributed by atoms with E-state index >= 15 is 0 Å². The molecule has 0 aliphatic rings. The van der Waals surface area contributed by atoms with E-state index in [1.165, 1.54) is 131 Å². The van der Waals surface area contributed by atoms with Gasteiger partial charge in [-0.1, -0.05) is 210 Å². The third kappa shape index (κ3) is 38.5. The first kappa shape index (κ1) is 118. The van der Waals surface area contributed by atoms with Gasteiger partial charge >= 0.3 is 0 Å². The van der Waals surface area contributed by atoms with Crippen molar-refractivity contribution in [1.82, 2.24) is 34.9 Å². The zero-order valence-corrected chi connectivity index (χ0v) is 94.1. The standard InChI is InChI=1S/C23H16N3.C20H22NSi.C19H18N.C17H14N.C15H10N.C11H8N.3C5H8O2.4Ir.Pt/c1-2-9-18(10-3-1)20-12-4-5-13-21(20)25-17-19-11-8-15-23(26-19)22-14-6-7-16-24-22;1-14-10-15(2)12-17(11-14)20-8-6-16-13-18(22(3,4)5)7-9-19(16)21-20;1-12-5-6-17-15(4)11-18(20-19(17)10-12)16-8-13(2)7-14(3)9-16;1-12-6-5-8-14(10-12)17-13(2)16-9-4-3-7-15(16)11-18-17;1-2-6-12(7-3-1)15-10-13-8-4-5-9-14(13)11-16-15;1-2-6-10(7-3-1)11-8-4-5-9-12-11;3*1-4(6)3-5(2)7;;;;;/h1-9,11-17H;6-11,13H,1-5H3;5-8,10-11H,1-4H3;3-7,9-11H,1-2H3;1-6,8-11H;1-6,8-9H;3*3,6H,1-2H3;;;;;/q6*-1;;;;;;;;. The number of benzene rings is 11. The Hall–Kier alpha value is -12.7. The summed E-state index contributed by atoms with van der Waals surface area (Å²) < 4.78 is 0. The Morgan fingerprint density at radius 2 is 0.836 bits per heavy atom. The molecule has 14 nitrogen and oxygen atoms in total. The molecule has 20 heteroatoms. The molecule has 0 saturated heterocycles. The van der Waals surface area contributed by atoms with Gasteiger partial charge in [0.1, 0.15) is 0 Å². The zero-order valence-electron chi connectivity index (χ0n) is 81.3. The fourth-order valence-electron chi connectivity index (χ4n) is 14.2. The summed E-state index contributed by atoms with van der Waals surface area (Å²) in [5.74, 6) is -0.187. The van der Waals surface area contributed by atoms with Crippen LogP contribution < -0.4 is 5.19 Å². The number of aromatic nitrogens is 7. The Balaban J connectivity index is 0.000000285. The first-order valence-electron chi connectivity index (χ1n) is 44.3. The van der Waals surface area contributed by atoms with Gasteiger partial charge in [-0.05, 0) is 177 Å². The Labute approximate surface area is 894 Å². The summed E-state index contributed by atoms with van der Waals surface area (Å²) in [6, 6.07) is 122. The largest absolute Gasteiger partial charge is 0.512 e. The summed E-state index contributed by atoms with van der Waals surface area (Å²) in [4.78, 5) is 66.6. The number of carbonyl (C=O) groups is 3. The Bertz CT molecular complexity index is 7040. The Morgan fingerprint density at radius 1 is 0.343 bits per heavy atom. The third-order valence-corrected chi connectivity index (χ3v) is 22.3. The predicted octanol–water partition coefficient (Wildman–Crippen LogP) is 28.8. The summed E-state index contributed by atoms with van der Waals surface area (Å²) >= 11 is 0. The number of aliphatic hydroxyl groups is 3. The van der Waals surface area contributed by atoms with Crippen molar-refractivity contribution in [2.24, 2.45) is 4.99 Å². The molecule has 0 amide bonds. The first-order chi connectivity index (χ1) is 64.8. The van der Waals surface area contributed by atoms with E-state index in [2.05, 4.69) is 275 Å². The van der Waals surface area contributed by atoms with Gasteiger partial charge in [0.25, 0.3) is 0 Å². The van der Waals surface area contributed by atoms with Crippen LogP contribution in [0, 0.1) is 91.8 Å². The van der Waals surface area contributed by atoms with Crippen molar-refractivity contribution in [3.8, 4) is 78.8 Å². The van der Waals surface area contributed by atoms with Crippen molar-refractivity contribution < 1.29 is 131 Å². The number of carbonyl (C=O) groups excluding carboxylic acids is 3. The van der Waals surface area contributed by atoms with Gasteiger partial charge in [0.05, 0.1) is 59.7 Å². The van der Waals surface area contributed by atoms with Gasteiger partial charge in [-0.15, -0.1) is 213 Å². The van der Waals surface area contributed by atoms with Gasteiger partial charge in [-0.2, -0.15) is 0 Å². The van der Waals surface area contributed by atoms with E-state index in [0.717, 1.165) is 112 Å². The molecule has 0 bridgehead atoms. The van der Waals surface area contributed by atoms with Gasteiger partial charge in [0.2, 0.25) is 0 Å². The zero-order chi connectivity index (χ0) is 96.9. The van der Waals surface area contributed by atoms with Crippen molar-refractivity contribution >= 4 is 85.9 Å². The van der Waals surface area contributed by atoms with E-state index in [1.807, 2.05) is 182 Å². The van der Waals surface area contributed by atoms with Gasteiger partial charge in [-0.3, -0.25) is 34.3 Å². The van der Waals surface area contributed by atoms with Gasteiger partial charge in [-0.25, -0.2) is 4.98 Å². The molecule has 4 radical (unpaired) electrons. The number of pyridine rings is 7. The predicted molar refractivity (Wildman–Crippen MR) is 560 cm³/mol. The molecule has 724 valence electrons. The number of hydrogen-bond acceptors (Lipinski definition) is 14. The maximum absolute atomic E-state index is 10.0. The fourth-order valence-corrected chi connectivity index (χ4v) is 15.4. The number of allylic oxidation sites excluding steroid dienone is 6. The van der Waals surface area contributed by atoms with E-state index < -0.39 is 8.07 Å². The van der Waals surface area contributed by atoms with Crippen molar-refractivity contribution in [2.45, 2.75) is 117 Å². The molecule has 18 rings (SSSR count). The second-order valence-corrected chi connectivity index (χ2v) is 38.5. The molecule has 7 aromatic heterocycles. The van der Waals surface area contributed by atoms with E-state index in [0.29, 0.717) is 0 Å². The normalized spacial score (nSPS) is 10.6. The molecule has 0 saturated carbocycles. The van der Waals surface area contributed by atoms with Crippen molar-refractivity contribution in [1.29, 1.82) is 0 Å². The molecule has 0 fully saturated rings. The van der Waals surface area contributed by atoms with Gasteiger partial charge in [0.15, 0.2) is 17.3 Å². The van der Waals surface area contributed by atoms with Crippen molar-refractivity contribution in [3.05, 3.63) is 450 Å². The summed E-state index contributed by atoms with van der Waals surface area (Å²) in [6.45, 7) is 32.5. The molecule has 0 atom stereocenters. The molecule has 0 aliphatic carbocycles. The van der Waals surface area contributed by atoms with Crippen LogP contribution in [0.15, 0.2) is 369 Å². The first-order valence-corrected chi connectivity index (χ1v) is 47.8. The number of hydrogen-bond donors (Lipinski definition) is 3. The smallest absolute Gasteiger partial charge is 0.155 e. The SMILES string of the molecule is CC(=O)C=C(C)O.CC(=O)C=C(C)O.CC(=O)C=C(C)O.Cc1[c-]c(-c2cc(C)c3ccc(C)cc3n2)cc(C)c1.Cc1[c-]c(-c2ccc3cc([Si](C)(C)C)ccc3n2)cc(C)c1.Cc1cc[c-]c(-c2ncc3ccccc3c2C)c1.[Ir].[Ir].[Ir].[Ir].[Pt].[c-]1ccccc1-c1cc2ccccc2cn1.[c-]1ccccc1-c1ccccc1N=Cc1cccc(-c2ccccn2)n1.[c-]1ccccc1-c1ccccn1. The van der Waals surface area contributed by atoms with Gasteiger partial charge in [0, 0.05) is 156 Å². The molecule has 0 spiro atoms. The third-order valence-electron chi connectivity index (χ3n) is 20.3. The van der Waals surface area contributed by atoms with E-state index in [4.69, 9.17) is 25.3 Å². The van der Waals surface area contributed by atoms with Crippen LogP contribution in [0.1, 0.15) is 91.7 Å². The molecule has 0 unspecified atom stereocenters. The number of fused-ring (bicyclic) bond motifs is 4. The molecular formula is C120H112Ir4N8O6PtSi-6. The molecule has 3 N–H and O–H groups in total. The quantitative estimate of drug-likeness (QED) is 0.0322. The van der Waals surface area contributed by atoms with E-state index in [9.17, 15) is 14.4 Å². The van der Waals surface area contributed by atoms with Crippen LogP contribution in [0.5, 0.6) is 0 Å². The monoisotopic (exact) mass is 2760 g/mol. The fraction of sp³-hybridized carbons (Fsp3) is 0.142. The number of para-hydroxylation sites is 1. The van der Waals surface area contributed by atoms with Crippen LogP contribution >= 0.6 is 0 Å². The Morgan fingerprint density at radius 3 is 1.38 bits per heavy atom. The summed E-state index contributed by atoms with van der Waals surface area (Å²) in [5, 5.41) is 33.9. The number of aliphatic hydroxyl groups excluding tert-OH is 3. The number of ketones is 3. The molecule has 0 aliphatic heterocycles. The minimum Gasteiger partial charge on any atom is -0.512 e. The Kier molecular flexibility index (Phi) is 50.2. The second-order valence-electron chi connectivity index (χ2n) is 33.4. The number of aliphatic imine (C=N–C) groups is 1. The van der Waals surface area contributed by atoms with Gasteiger partial charge < -0.3 is 30.3 Å².